The Bertz CT molecular complexity index is 722. The average molecular weight is 328 g/mol. The number of ether oxygens (including phenoxy) is 1. The van der Waals surface area contributed by atoms with Crippen LogP contribution in [0.5, 0.6) is 0 Å². The van der Waals surface area contributed by atoms with Gasteiger partial charge in [0.05, 0.1) is 13.4 Å². The van der Waals surface area contributed by atoms with Crippen LogP contribution >= 0.6 is 0 Å². The van der Waals surface area contributed by atoms with Crippen LogP contribution in [-0.4, -0.2) is 41.5 Å². The minimum atomic E-state index is -0.333. The molecule has 6 nitrogen and oxygen atoms in total. The molecule has 0 aromatic carbocycles. The van der Waals surface area contributed by atoms with Gasteiger partial charge in [0.25, 0.3) is 0 Å². The molecule has 1 amide bonds. The third kappa shape index (κ3) is 3.42. The van der Waals surface area contributed by atoms with Gasteiger partial charge in [0.2, 0.25) is 5.91 Å². The SMILES string of the molecule is COC(=O)c1cccn1C1CCN(C(=O)/C=C\c2ccco2)CC1. The number of methoxy groups -OCH3 is 1. The summed E-state index contributed by atoms with van der Waals surface area (Å²) in [6.45, 7) is 1.32. The number of furan rings is 1. The number of nitrogens with zero attached hydrogens (tertiary/aromatic N) is 2. The van der Waals surface area contributed by atoms with Crippen molar-refractivity contribution >= 4 is 18.0 Å². The van der Waals surface area contributed by atoms with Crippen LogP contribution in [0.25, 0.3) is 6.08 Å². The Hall–Kier alpha value is -2.76. The second-order valence-corrected chi connectivity index (χ2v) is 5.70. The van der Waals surface area contributed by atoms with Gasteiger partial charge in [-0.3, -0.25) is 4.79 Å². The number of rotatable bonds is 4. The maximum absolute atomic E-state index is 12.2. The third-order valence-electron chi connectivity index (χ3n) is 4.28. The fraction of sp³-hybridized carbons (Fsp3) is 0.333. The molecule has 0 radical (unpaired) electrons. The summed E-state index contributed by atoms with van der Waals surface area (Å²) in [7, 11) is 1.38. The van der Waals surface area contributed by atoms with Crippen LogP contribution in [0.3, 0.4) is 0 Å². The van der Waals surface area contributed by atoms with Gasteiger partial charge < -0.3 is 18.6 Å². The second-order valence-electron chi connectivity index (χ2n) is 5.70. The van der Waals surface area contributed by atoms with Gasteiger partial charge in [0.15, 0.2) is 0 Å². The van der Waals surface area contributed by atoms with E-state index in [1.165, 1.54) is 13.2 Å². The minimum absolute atomic E-state index is 0.0226. The van der Waals surface area contributed by atoms with Crippen LogP contribution in [-0.2, 0) is 9.53 Å². The summed E-state index contributed by atoms with van der Waals surface area (Å²) in [6, 6.07) is 7.39. The van der Waals surface area contributed by atoms with E-state index < -0.39 is 0 Å². The molecule has 24 heavy (non-hydrogen) atoms. The Kier molecular flexibility index (Phi) is 4.84. The molecule has 126 valence electrons. The normalized spacial score (nSPS) is 15.8. The summed E-state index contributed by atoms with van der Waals surface area (Å²) >= 11 is 0. The number of piperidine rings is 1. The molecule has 0 atom stereocenters. The van der Waals surface area contributed by atoms with Crippen molar-refractivity contribution in [3.8, 4) is 0 Å². The van der Waals surface area contributed by atoms with E-state index in [9.17, 15) is 9.59 Å². The topological polar surface area (TPSA) is 64.7 Å². The molecule has 2 aromatic rings. The van der Waals surface area contributed by atoms with Gasteiger partial charge in [-0.15, -0.1) is 0 Å². The molecular weight excluding hydrogens is 308 g/mol. The van der Waals surface area contributed by atoms with Gasteiger partial charge in [-0.05, 0) is 43.2 Å². The predicted molar refractivity (Wildman–Crippen MR) is 88.4 cm³/mol. The summed E-state index contributed by atoms with van der Waals surface area (Å²) in [5.74, 6) is 0.304. The first-order chi connectivity index (χ1) is 11.7. The Morgan fingerprint density at radius 2 is 2.04 bits per heavy atom. The zero-order valence-corrected chi connectivity index (χ0v) is 13.6. The smallest absolute Gasteiger partial charge is 0.354 e. The molecule has 1 aliphatic heterocycles. The lowest BCUT2D eigenvalue weighted by atomic mass is 10.0. The van der Waals surface area contributed by atoms with Crippen molar-refractivity contribution in [1.29, 1.82) is 0 Å². The minimum Gasteiger partial charge on any atom is -0.465 e. The van der Waals surface area contributed by atoms with E-state index in [0.29, 0.717) is 24.5 Å². The van der Waals surface area contributed by atoms with E-state index in [2.05, 4.69) is 0 Å². The molecule has 1 saturated heterocycles. The van der Waals surface area contributed by atoms with Crippen LogP contribution in [0.4, 0.5) is 0 Å². The quantitative estimate of drug-likeness (QED) is 0.639. The molecule has 1 aliphatic rings. The average Bonchev–Trinajstić information content (AvgIpc) is 3.30. The molecule has 6 heteroatoms. The zero-order chi connectivity index (χ0) is 16.9. The van der Waals surface area contributed by atoms with Gasteiger partial charge in [0.1, 0.15) is 11.5 Å². The number of aromatic nitrogens is 1. The molecule has 3 heterocycles. The first kappa shape index (κ1) is 16.1. The van der Waals surface area contributed by atoms with Crippen molar-refractivity contribution in [3.63, 3.8) is 0 Å². The molecule has 1 fully saturated rings. The van der Waals surface area contributed by atoms with Crippen molar-refractivity contribution in [1.82, 2.24) is 9.47 Å². The lowest BCUT2D eigenvalue weighted by molar-refractivity contribution is -0.127. The second kappa shape index (κ2) is 7.21. The standard InChI is InChI=1S/C18H20N2O4/c1-23-18(22)16-5-2-10-20(16)14-8-11-19(12-9-14)17(21)7-6-15-4-3-13-24-15/h2-7,10,13-14H,8-9,11-12H2,1H3/b7-6-. The summed E-state index contributed by atoms with van der Waals surface area (Å²) in [4.78, 5) is 25.8. The van der Waals surface area contributed by atoms with Crippen LogP contribution < -0.4 is 0 Å². The molecule has 3 rings (SSSR count). The zero-order valence-electron chi connectivity index (χ0n) is 13.6. The predicted octanol–water partition coefficient (Wildman–Crippen LogP) is 2.74. The Balaban J connectivity index is 1.59. The molecule has 0 bridgehead atoms. The Morgan fingerprint density at radius 3 is 2.71 bits per heavy atom. The van der Waals surface area contributed by atoms with Crippen LogP contribution in [0.2, 0.25) is 0 Å². The van der Waals surface area contributed by atoms with Crippen molar-refractivity contribution in [2.24, 2.45) is 0 Å². The number of hydrogen-bond donors (Lipinski definition) is 0. The van der Waals surface area contributed by atoms with Crippen molar-refractivity contribution in [2.75, 3.05) is 20.2 Å². The van der Waals surface area contributed by atoms with E-state index in [4.69, 9.17) is 9.15 Å². The number of likely N-dealkylation sites (tertiary alicyclic amines) is 1. The first-order valence-electron chi connectivity index (χ1n) is 7.94. The van der Waals surface area contributed by atoms with Crippen LogP contribution in [0.1, 0.15) is 35.1 Å². The van der Waals surface area contributed by atoms with Gasteiger partial charge in [-0.2, -0.15) is 0 Å². The van der Waals surface area contributed by atoms with E-state index in [0.717, 1.165) is 12.8 Å². The molecular formula is C18H20N2O4. The summed E-state index contributed by atoms with van der Waals surface area (Å²) in [5.41, 5.74) is 0.556. The van der Waals surface area contributed by atoms with E-state index in [-0.39, 0.29) is 17.9 Å². The molecule has 0 unspecified atom stereocenters. The summed E-state index contributed by atoms with van der Waals surface area (Å²) < 4.78 is 11.9. The van der Waals surface area contributed by atoms with Crippen molar-refractivity contribution in [2.45, 2.75) is 18.9 Å². The van der Waals surface area contributed by atoms with Gasteiger partial charge in [-0.25, -0.2) is 4.79 Å². The van der Waals surface area contributed by atoms with Crippen LogP contribution in [0.15, 0.2) is 47.2 Å². The van der Waals surface area contributed by atoms with Crippen LogP contribution in [0, 0.1) is 0 Å². The first-order valence-corrected chi connectivity index (χ1v) is 7.94. The van der Waals surface area contributed by atoms with E-state index >= 15 is 0 Å². The van der Waals surface area contributed by atoms with E-state index in [1.54, 1.807) is 30.5 Å². The van der Waals surface area contributed by atoms with Gasteiger partial charge >= 0.3 is 5.97 Å². The number of hydrogen-bond acceptors (Lipinski definition) is 4. The molecule has 2 aromatic heterocycles. The number of carbonyl (C=O) groups is 2. The maximum atomic E-state index is 12.2. The molecule has 0 saturated carbocycles. The molecule has 0 N–H and O–H groups in total. The monoisotopic (exact) mass is 328 g/mol. The summed E-state index contributed by atoms with van der Waals surface area (Å²) in [6.07, 6.45) is 8.29. The van der Waals surface area contributed by atoms with Gasteiger partial charge in [0, 0.05) is 31.4 Å². The molecule has 0 aliphatic carbocycles. The number of amides is 1. The largest absolute Gasteiger partial charge is 0.465 e. The van der Waals surface area contributed by atoms with Gasteiger partial charge in [-0.1, -0.05) is 0 Å². The highest BCUT2D eigenvalue weighted by atomic mass is 16.5. The Morgan fingerprint density at radius 1 is 1.25 bits per heavy atom. The fourth-order valence-corrected chi connectivity index (χ4v) is 3.00. The van der Waals surface area contributed by atoms with Crippen molar-refractivity contribution in [3.05, 3.63) is 54.3 Å². The third-order valence-corrected chi connectivity index (χ3v) is 4.28. The highest BCUT2D eigenvalue weighted by Crippen LogP contribution is 2.25. The lowest BCUT2D eigenvalue weighted by Gasteiger charge is -2.32. The fourth-order valence-electron chi connectivity index (χ4n) is 3.00. The highest BCUT2D eigenvalue weighted by molar-refractivity contribution is 5.91. The Labute approximate surface area is 140 Å². The van der Waals surface area contributed by atoms with E-state index in [1.807, 2.05) is 21.7 Å². The highest BCUT2D eigenvalue weighted by Gasteiger charge is 2.25. The molecule has 0 spiro atoms. The maximum Gasteiger partial charge on any atom is 0.354 e. The number of esters is 1. The van der Waals surface area contributed by atoms with Crippen molar-refractivity contribution < 1.29 is 18.7 Å². The summed E-state index contributed by atoms with van der Waals surface area (Å²) in [5, 5.41) is 0. The number of carbonyl (C=O) groups excluding carboxylic acids is 2. The lowest BCUT2D eigenvalue weighted by Crippen LogP contribution is -2.38.